The summed E-state index contributed by atoms with van der Waals surface area (Å²) in [6.07, 6.45) is 1.58. The fourth-order valence-electron chi connectivity index (χ4n) is 2.73. The monoisotopic (exact) mass is 371 g/mol. The van der Waals surface area contributed by atoms with Crippen LogP contribution in [0.2, 0.25) is 0 Å². The molecule has 26 heavy (non-hydrogen) atoms. The van der Waals surface area contributed by atoms with Crippen molar-refractivity contribution in [2.75, 3.05) is 10.6 Å². The molecule has 0 fully saturated rings. The summed E-state index contributed by atoms with van der Waals surface area (Å²) in [5.74, 6) is 0.140. The Balaban J connectivity index is 1.83. The number of fused-ring (bicyclic) bond motifs is 1. The molecule has 0 radical (unpaired) electrons. The summed E-state index contributed by atoms with van der Waals surface area (Å²) >= 11 is 1.46. The molecule has 2 amide bonds. The molecule has 136 valence electrons. The molecule has 2 heterocycles. The lowest BCUT2D eigenvalue weighted by molar-refractivity contribution is -0.120. The minimum atomic E-state index is -0.107. The van der Waals surface area contributed by atoms with Crippen LogP contribution in [0, 0.1) is 5.92 Å². The standard InChI is InChI=1S/C18H21N5O2S/c1-4-12(5-2)16(25)20-17-21-18-23(22-17)15(10-26-18)13-6-8-14(9-7-13)19-11(3)24/h6-10,12H,4-5H2,1-3H3,(H,19,24)(H,20,22,25). The van der Waals surface area contributed by atoms with Crippen LogP contribution in [0.4, 0.5) is 11.6 Å². The Morgan fingerprint density at radius 2 is 1.85 bits per heavy atom. The van der Waals surface area contributed by atoms with E-state index in [1.54, 1.807) is 4.52 Å². The van der Waals surface area contributed by atoms with Gasteiger partial charge in [0.1, 0.15) is 0 Å². The number of nitrogens with one attached hydrogen (secondary N) is 2. The molecule has 0 spiro atoms. The van der Waals surface area contributed by atoms with Crippen LogP contribution in [0.5, 0.6) is 0 Å². The van der Waals surface area contributed by atoms with Gasteiger partial charge < -0.3 is 5.32 Å². The number of benzene rings is 1. The van der Waals surface area contributed by atoms with Crippen molar-refractivity contribution in [3.8, 4) is 11.3 Å². The molecule has 0 saturated heterocycles. The Morgan fingerprint density at radius 1 is 1.15 bits per heavy atom. The summed E-state index contributed by atoms with van der Waals surface area (Å²) in [6, 6.07) is 7.51. The van der Waals surface area contributed by atoms with E-state index in [1.165, 1.54) is 18.3 Å². The lowest BCUT2D eigenvalue weighted by Crippen LogP contribution is -2.22. The number of hydrogen-bond donors (Lipinski definition) is 2. The minimum absolute atomic E-state index is 0.0303. The Labute approximate surface area is 155 Å². The number of aromatic nitrogens is 3. The zero-order valence-electron chi connectivity index (χ0n) is 14.9. The number of carbonyl (C=O) groups excluding carboxylic acids is 2. The van der Waals surface area contributed by atoms with E-state index in [0.29, 0.717) is 10.9 Å². The molecule has 0 bridgehead atoms. The van der Waals surface area contributed by atoms with Crippen molar-refractivity contribution in [3.05, 3.63) is 29.6 Å². The normalized spacial score (nSPS) is 11.1. The Hall–Kier alpha value is -2.74. The summed E-state index contributed by atoms with van der Waals surface area (Å²) < 4.78 is 1.72. The van der Waals surface area contributed by atoms with Gasteiger partial charge in [0.25, 0.3) is 0 Å². The molecule has 0 saturated carbocycles. The highest BCUT2D eigenvalue weighted by Gasteiger charge is 2.18. The van der Waals surface area contributed by atoms with Gasteiger partial charge in [0.15, 0.2) is 0 Å². The number of hydrogen-bond acceptors (Lipinski definition) is 5. The van der Waals surface area contributed by atoms with Crippen LogP contribution in [-0.2, 0) is 9.59 Å². The second-order valence-corrected chi connectivity index (χ2v) is 6.85. The maximum atomic E-state index is 12.2. The smallest absolute Gasteiger partial charge is 0.250 e. The molecule has 0 unspecified atom stereocenters. The zero-order chi connectivity index (χ0) is 18.7. The third kappa shape index (κ3) is 3.75. The van der Waals surface area contributed by atoms with Gasteiger partial charge in [0.2, 0.25) is 22.7 Å². The predicted octanol–water partition coefficient (Wildman–Crippen LogP) is 3.79. The van der Waals surface area contributed by atoms with Crippen LogP contribution in [-0.4, -0.2) is 26.4 Å². The van der Waals surface area contributed by atoms with Crippen molar-refractivity contribution >= 4 is 39.7 Å². The van der Waals surface area contributed by atoms with Gasteiger partial charge in [-0.05, 0) is 25.0 Å². The third-order valence-corrected chi connectivity index (χ3v) is 4.99. The van der Waals surface area contributed by atoms with E-state index < -0.39 is 0 Å². The summed E-state index contributed by atoms with van der Waals surface area (Å²) in [7, 11) is 0. The largest absolute Gasteiger partial charge is 0.326 e. The summed E-state index contributed by atoms with van der Waals surface area (Å²) in [5, 5.41) is 11.9. The molecule has 3 rings (SSSR count). The Morgan fingerprint density at radius 3 is 2.46 bits per heavy atom. The summed E-state index contributed by atoms with van der Waals surface area (Å²) in [6.45, 7) is 5.47. The van der Waals surface area contributed by atoms with E-state index in [9.17, 15) is 9.59 Å². The van der Waals surface area contributed by atoms with E-state index in [4.69, 9.17) is 0 Å². The SMILES string of the molecule is CCC(CC)C(=O)Nc1nc2scc(-c3ccc(NC(C)=O)cc3)n2n1. The number of anilines is 2. The molecule has 2 aromatic heterocycles. The van der Waals surface area contributed by atoms with E-state index in [-0.39, 0.29) is 17.7 Å². The number of thiazole rings is 1. The van der Waals surface area contributed by atoms with Crippen molar-refractivity contribution in [3.63, 3.8) is 0 Å². The Kier molecular flexibility index (Phi) is 5.32. The second-order valence-electron chi connectivity index (χ2n) is 6.01. The van der Waals surface area contributed by atoms with Crippen LogP contribution >= 0.6 is 11.3 Å². The highest BCUT2D eigenvalue weighted by Crippen LogP contribution is 2.27. The molecule has 8 heteroatoms. The fraction of sp³-hybridized carbons (Fsp3) is 0.333. The maximum absolute atomic E-state index is 12.2. The third-order valence-electron chi connectivity index (χ3n) is 4.17. The number of amides is 2. The average Bonchev–Trinajstić information content (AvgIpc) is 3.16. The van der Waals surface area contributed by atoms with Crippen LogP contribution in [0.1, 0.15) is 33.6 Å². The molecule has 3 aromatic rings. The van der Waals surface area contributed by atoms with Crippen LogP contribution in [0.15, 0.2) is 29.6 Å². The quantitative estimate of drug-likeness (QED) is 0.690. The van der Waals surface area contributed by atoms with Crippen molar-refractivity contribution in [2.45, 2.75) is 33.6 Å². The molecular formula is C18H21N5O2S. The van der Waals surface area contributed by atoms with Crippen LogP contribution in [0.3, 0.4) is 0 Å². The van der Waals surface area contributed by atoms with Crippen LogP contribution in [0.25, 0.3) is 16.2 Å². The fourth-order valence-corrected chi connectivity index (χ4v) is 3.56. The molecule has 2 N–H and O–H groups in total. The van der Waals surface area contributed by atoms with Gasteiger partial charge in [0.05, 0.1) is 5.69 Å². The first-order valence-electron chi connectivity index (χ1n) is 8.55. The molecule has 0 aliphatic rings. The topological polar surface area (TPSA) is 88.4 Å². The van der Waals surface area contributed by atoms with Gasteiger partial charge in [-0.25, -0.2) is 4.52 Å². The average molecular weight is 371 g/mol. The van der Waals surface area contributed by atoms with E-state index in [1.807, 2.05) is 43.5 Å². The van der Waals surface area contributed by atoms with Gasteiger partial charge in [0, 0.05) is 29.5 Å². The van der Waals surface area contributed by atoms with Gasteiger partial charge in [-0.3, -0.25) is 14.9 Å². The van der Waals surface area contributed by atoms with E-state index in [0.717, 1.165) is 29.8 Å². The first kappa shape index (κ1) is 18.1. The summed E-state index contributed by atoms with van der Waals surface area (Å²) in [5.41, 5.74) is 2.58. The minimum Gasteiger partial charge on any atom is -0.326 e. The highest BCUT2D eigenvalue weighted by atomic mass is 32.1. The van der Waals surface area contributed by atoms with Gasteiger partial charge >= 0.3 is 0 Å². The summed E-state index contributed by atoms with van der Waals surface area (Å²) in [4.78, 5) is 28.4. The predicted molar refractivity (Wildman–Crippen MR) is 103 cm³/mol. The lowest BCUT2D eigenvalue weighted by atomic mass is 10.0. The van der Waals surface area contributed by atoms with Crippen molar-refractivity contribution in [2.24, 2.45) is 5.92 Å². The van der Waals surface area contributed by atoms with Crippen LogP contribution < -0.4 is 10.6 Å². The number of nitrogens with zero attached hydrogens (tertiary/aromatic N) is 3. The lowest BCUT2D eigenvalue weighted by Gasteiger charge is -2.09. The Bertz CT molecular complexity index is 925. The molecule has 0 aliphatic carbocycles. The molecule has 7 nitrogen and oxygen atoms in total. The molecular weight excluding hydrogens is 350 g/mol. The maximum Gasteiger partial charge on any atom is 0.250 e. The zero-order valence-corrected chi connectivity index (χ0v) is 15.8. The first-order chi connectivity index (χ1) is 12.5. The van der Waals surface area contributed by atoms with Crippen molar-refractivity contribution in [1.29, 1.82) is 0 Å². The van der Waals surface area contributed by atoms with Gasteiger partial charge in [-0.15, -0.1) is 16.4 Å². The highest BCUT2D eigenvalue weighted by molar-refractivity contribution is 7.15. The van der Waals surface area contributed by atoms with E-state index in [2.05, 4.69) is 20.7 Å². The molecule has 0 atom stereocenters. The van der Waals surface area contributed by atoms with E-state index >= 15 is 0 Å². The van der Waals surface area contributed by atoms with Crippen molar-refractivity contribution in [1.82, 2.24) is 14.6 Å². The molecule has 1 aromatic carbocycles. The molecule has 0 aliphatic heterocycles. The van der Waals surface area contributed by atoms with Crippen molar-refractivity contribution < 1.29 is 9.59 Å². The van der Waals surface area contributed by atoms with Gasteiger partial charge in [-0.2, -0.15) is 4.98 Å². The number of carbonyl (C=O) groups is 2. The second kappa shape index (κ2) is 7.65. The first-order valence-corrected chi connectivity index (χ1v) is 9.43. The number of rotatable bonds is 6. The van der Waals surface area contributed by atoms with Gasteiger partial charge in [-0.1, -0.05) is 26.0 Å².